The predicted molar refractivity (Wildman–Crippen MR) is 129 cm³/mol. The van der Waals surface area contributed by atoms with Crippen LogP contribution in [0, 0.1) is 0 Å². The summed E-state index contributed by atoms with van der Waals surface area (Å²) in [6.07, 6.45) is 0. The lowest BCUT2D eigenvalue weighted by Gasteiger charge is -2.42. The molecule has 4 rings (SSSR count). The topological polar surface area (TPSA) is 25.2 Å². The van der Waals surface area contributed by atoms with E-state index in [1.807, 2.05) is 6.07 Å². The van der Waals surface area contributed by atoms with Crippen LogP contribution in [0.5, 0.6) is 5.75 Å². The molecule has 150 valence electrons. The first kappa shape index (κ1) is 20.0. The van der Waals surface area contributed by atoms with Crippen molar-refractivity contribution in [1.82, 2.24) is 4.57 Å². The third-order valence-electron chi connectivity index (χ3n) is 5.40. The average Bonchev–Trinajstić information content (AvgIpc) is 2.96. The van der Waals surface area contributed by atoms with Gasteiger partial charge < -0.3 is 9.67 Å². The molecule has 0 radical (unpaired) electrons. The van der Waals surface area contributed by atoms with Crippen LogP contribution in [0.1, 0.15) is 41.5 Å². The lowest BCUT2D eigenvalue weighted by molar-refractivity contribution is 0.477. The number of fused-ring (bicyclic) bond motifs is 3. The van der Waals surface area contributed by atoms with Gasteiger partial charge in [-0.3, -0.25) is 0 Å². The fourth-order valence-corrected chi connectivity index (χ4v) is 8.81. The fourth-order valence-electron chi connectivity index (χ4n) is 4.79. The summed E-state index contributed by atoms with van der Waals surface area (Å²) in [6.45, 7) is 13.7. The second kappa shape index (κ2) is 6.89. The zero-order valence-electron chi connectivity index (χ0n) is 18.2. The van der Waals surface area contributed by atoms with Crippen molar-refractivity contribution in [2.75, 3.05) is 0 Å². The molecule has 0 spiro atoms. The number of aromatic hydroxyl groups is 1. The minimum atomic E-state index is -0.601. The lowest BCUT2D eigenvalue weighted by Crippen LogP contribution is -2.31. The van der Waals surface area contributed by atoms with Gasteiger partial charge in [-0.15, -0.1) is 0 Å². The molecule has 0 saturated carbocycles. The van der Waals surface area contributed by atoms with Gasteiger partial charge in [0, 0.05) is 16.1 Å². The van der Waals surface area contributed by atoms with E-state index in [2.05, 4.69) is 107 Å². The van der Waals surface area contributed by atoms with Crippen LogP contribution in [0.4, 0.5) is 0 Å². The third kappa shape index (κ3) is 3.34. The van der Waals surface area contributed by atoms with Crippen LogP contribution in [0.2, 0.25) is 0 Å². The van der Waals surface area contributed by atoms with Crippen molar-refractivity contribution in [3.8, 4) is 11.4 Å². The normalized spacial score (nSPS) is 12.9. The van der Waals surface area contributed by atoms with Crippen LogP contribution in [0.15, 0.2) is 66.7 Å². The number of phenols is 1. The summed E-state index contributed by atoms with van der Waals surface area (Å²) in [5, 5.41) is 15.3. The quantitative estimate of drug-likeness (QED) is 0.352. The van der Waals surface area contributed by atoms with Crippen molar-refractivity contribution in [2.24, 2.45) is 0 Å². The van der Waals surface area contributed by atoms with E-state index < -0.39 is 7.92 Å². The molecule has 0 aliphatic heterocycles. The first-order chi connectivity index (χ1) is 13.6. The molecule has 4 aromatic rings. The van der Waals surface area contributed by atoms with Gasteiger partial charge in [-0.1, -0.05) is 98.0 Å². The highest BCUT2D eigenvalue weighted by atomic mass is 31.1. The molecular formula is C26H30NOP. The van der Waals surface area contributed by atoms with E-state index in [1.54, 1.807) is 0 Å². The summed E-state index contributed by atoms with van der Waals surface area (Å²) in [5.74, 6) is 0.412. The van der Waals surface area contributed by atoms with E-state index >= 15 is 0 Å². The van der Waals surface area contributed by atoms with Crippen molar-refractivity contribution in [3.05, 3.63) is 66.7 Å². The molecule has 0 aliphatic carbocycles. The van der Waals surface area contributed by atoms with E-state index in [0.29, 0.717) is 5.75 Å². The zero-order valence-corrected chi connectivity index (χ0v) is 19.1. The number of phenolic OH excluding ortho intramolecular Hbond substituents is 1. The maximum atomic E-state index is 11.6. The highest BCUT2D eigenvalue weighted by Gasteiger charge is 2.37. The van der Waals surface area contributed by atoms with E-state index in [9.17, 15) is 5.11 Å². The first-order valence-corrected chi connectivity index (χ1v) is 11.6. The summed E-state index contributed by atoms with van der Waals surface area (Å²) >= 11 is 0. The van der Waals surface area contributed by atoms with Gasteiger partial charge in [0.05, 0.1) is 16.7 Å². The second-order valence-corrected chi connectivity index (χ2v) is 13.5. The number of rotatable bonds is 2. The number of nitrogens with zero attached hydrogens (tertiary/aromatic N) is 1. The Hall–Kier alpha value is -2.31. The van der Waals surface area contributed by atoms with Crippen LogP contribution in [0.3, 0.4) is 0 Å². The van der Waals surface area contributed by atoms with Crippen LogP contribution in [0.25, 0.3) is 27.5 Å². The molecule has 0 amide bonds. The lowest BCUT2D eigenvalue weighted by atomic mass is 10.2. The molecule has 29 heavy (non-hydrogen) atoms. The van der Waals surface area contributed by atoms with Crippen molar-refractivity contribution < 1.29 is 5.11 Å². The van der Waals surface area contributed by atoms with Gasteiger partial charge >= 0.3 is 0 Å². The van der Waals surface area contributed by atoms with Crippen molar-refractivity contribution >= 4 is 35.0 Å². The highest BCUT2D eigenvalue weighted by molar-refractivity contribution is 7.68. The molecule has 0 bridgehead atoms. The summed E-state index contributed by atoms with van der Waals surface area (Å²) in [7, 11) is -0.601. The fraction of sp³-hybridized carbons (Fsp3) is 0.308. The smallest absolute Gasteiger partial charge is 0.147 e. The Kier molecular flexibility index (Phi) is 4.74. The molecule has 3 aromatic carbocycles. The summed E-state index contributed by atoms with van der Waals surface area (Å²) in [5.41, 5.74) is 3.11. The summed E-state index contributed by atoms with van der Waals surface area (Å²) < 4.78 is 2.21. The maximum absolute atomic E-state index is 11.6. The van der Waals surface area contributed by atoms with Gasteiger partial charge in [0.25, 0.3) is 0 Å². The van der Waals surface area contributed by atoms with E-state index in [-0.39, 0.29) is 10.3 Å². The number of hydrogen-bond donors (Lipinski definition) is 1. The zero-order chi connectivity index (χ0) is 21.0. The Morgan fingerprint density at radius 1 is 0.655 bits per heavy atom. The monoisotopic (exact) mass is 403 g/mol. The van der Waals surface area contributed by atoms with Crippen molar-refractivity contribution in [2.45, 2.75) is 51.9 Å². The van der Waals surface area contributed by atoms with Gasteiger partial charge in [-0.2, -0.15) is 0 Å². The Morgan fingerprint density at radius 3 is 1.62 bits per heavy atom. The summed E-state index contributed by atoms with van der Waals surface area (Å²) in [4.78, 5) is 0. The van der Waals surface area contributed by atoms with Gasteiger partial charge in [0.1, 0.15) is 5.75 Å². The predicted octanol–water partition coefficient (Wildman–Crippen LogP) is 7.19. The van der Waals surface area contributed by atoms with Crippen LogP contribution in [-0.2, 0) is 0 Å². The number of aromatic nitrogens is 1. The van der Waals surface area contributed by atoms with Gasteiger partial charge in [-0.25, -0.2) is 0 Å². The van der Waals surface area contributed by atoms with Gasteiger partial charge in [-0.05, 0) is 28.5 Å². The second-order valence-electron chi connectivity index (χ2n) is 9.69. The maximum Gasteiger partial charge on any atom is 0.147 e. The average molecular weight is 404 g/mol. The molecule has 3 heteroatoms. The molecule has 0 fully saturated rings. The molecule has 0 saturated heterocycles. The van der Waals surface area contributed by atoms with Crippen LogP contribution < -0.4 is 5.30 Å². The Bertz CT molecular complexity index is 1120. The minimum Gasteiger partial charge on any atom is -0.505 e. The molecule has 0 atom stereocenters. The Labute approximate surface area is 174 Å². The molecule has 2 nitrogen and oxygen atoms in total. The molecule has 1 aromatic heterocycles. The van der Waals surface area contributed by atoms with Crippen molar-refractivity contribution in [1.29, 1.82) is 0 Å². The highest BCUT2D eigenvalue weighted by Crippen LogP contribution is 2.60. The molecule has 1 heterocycles. The van der Waals surface area contributed by atoms with Gasteiger partial charge in [0.15, 0.2) is 0 Å². The molecule has 0 unspecified atom stereocenters. The first-order valence-electron chi connectivity index (χ1n) is 10.2. The van der Waals surface area contributed by atoms with Crippen LogP contribution in [-0.4, -0.2) is 20.0 Å². The van der Waals surface area contributed by atoms with E-state index in [4.69, 9.17) is 0 Å². The molecule has 1 N–H and O–H groups in total. The molecule has 0 aliphatic rings. The largest absolute Gasteiger partial charge is 0.505 e. The Morgan fingerprint density at radius 2 is 1.14 bits per heavy atom. The number of benzene rings is 3. The SMILES string of the molecule is CC(C)(C)P(c1cccc(-n2c3ccccc3c3ccccc32)c1O)C(C)(C)C. The Balaban J connectivity index is 2.05. The van der Waals surface area contributed by atoms with Gasteiger partial charge in [0.2, 0.25) is 0 Å². The molecular weight excluding hydrogens is 373 g/mol. The third-order valence-corrected chi connectivity index (χ3v) is 8.92. The van der Waals surface area contributed by atoms with Crippen LogP contribution >= 0.6 is 7.92 Å². The summed E-state index contributed by atoms with van der Waals surface area (Å²) in [6, 6.07) is 23.1. The van der Waals surface area contributed by atoms with E-state index in [1.165, 1.54) is 10.8 Å². The number of para-hydroxylation sites is 3. The van der Waals surface area contributed by atoms with E-state index in [0.717, 1.165) is 22.0 Å². The standard InChI is InChI=1S/C26H30NOP/c1-25(2,3)29(26(4,5)6)23-17-11-16-22(24(23)28)27-20-14-9-7-12-18(20)19-13-8-10-15-21(19)27/h7-17,28H,1-6H3. The van der Waals surface area contributed by atoms with Crippen molar-refractivity contribution in [3.63, 3.8) is 0 Å². The number of hydrogen-bond acceptors (Lipinski definition) is 1. The minimum absolute atomic E-state index is 0.0878.